The number of nitrogens with zero attached hydrogens (tertiary/aromatic N) is 5. The topological polar surface area (TPSA) is 35.5 Å². The molecule has 0 atom stereocenters. The molecule has 118 valence electrons. The van der Waals surface area contributed by atoms with E-state index in [4.69, 9.17) is 0 Å². The van der Waals surface area contributed by atoms with Gasteiger partial charge in [0.1, 0.15) is 0 Å². The predicted molar refractivity (Wildman–Crippen MR) is 87.8 cm³/mol. The highest BCUT2D eigenvalue weighted by Crippen LogP contribution is 2.19. The molecule has 21 heavy (non-hydrogen) atoms. The van der Waals surface area contributed by atoms with Crippen LogP contribution in [0.5, 0.6) is 0 Å². The number of aromatic nitrogens is 2. The molecule has 1 aliphatic rings. The quantitative estimate of drug-likeness (QED) is 0.794. The van der Waals surface area contributed by atoms with E-state index in [0.717, 1.165) is 38.5 Å². The van der Waals surface area contributed by atoms with Gasteiger partial charge in [-0.1, -0.05) is 6.92 Å². The van der Waals surface area contributed by atoms with Crippen molar-refractivity contribution in [2.24, 2.45) is 0 Å². The SMILES string of the molecule is CCc1cnc(N2CCC(N(C)CCN(C)C)CC2)nc1. The summed E-state index contributed by atoms with van der Waals surface area (Å²) in [6, 6.07) is 0.691. The van der Waals surface area contributed by atoms with Gasteiger partial charge in [-0.2, -0.15) is 0 Å². The summed E-state index contributed by atoms with van der Waals surface area (Å²) in [5.74, 6) is 0.890. The molecule has 0 spiro atoms. The van der Waals surface area contributed by atoms with Gasteiger partial charge < -0.3 is 14.7 Å². The van der Waals surface area contributed by atoms with Gasteiger partial charge in [0.2, 0.25) is 5.95 Å². The maximum atomic E-state index is 4.50. The summed E-state index contributed by atoms with van der Waals surface area (Å²) < 4.78 is 0. The Kier molecular flexibility index (Phi) is 5.94. The second kappa shape index (κ2) is 7.71. The molecule has 5 nitrogen and oxygen atoms in total. The van der Waals surface area contributed by atoms with Crippen LogP contribution < -0.4 is 4.90 Å². The summed E-state index contributed by atoms with van der Waals surface area (Å²) in [6.07, 6.45) is 7.31. The Bertz CT molecular complexity index is 409. The van der Waals surface area contributed by atoms with Gasteiger partial charge in [-0.25, -0.2) is 9.97 Å². The third-order valence-electron chi connectivity index (χ3n) is 4.37. The van der Waals surface area contributed by atoms with Crippen LogP contribution in [0.4, 0.5) is 5.95 Å². The fourth-order valence-electron chi connectivity index (χ4n) is 2.74. The van der Waals surface area contributed by atoms with Gasteiger partial charge >= 0.3 is 0 Å². The normalized spacial score (nSPS) is 17.0. The van der Waals surface area contributed by atoms with Crippen LogP contribution in [0.1, 0.15) is 25.3 Å². The van der Waals surface area contributed by atoms with Crippen LogP contribution in [0.15, 0.2) is 12.4 Å². The van der Waals surface area contributed by atoms with E-state index in [2.05, 4.69) is 52.7 Å². The summed E-state index contributed by atoms with van der Waals surface area (Å²) in [5, 5.41) is 0. The van der Waals surface area contributed by atoms with Crippen molar-refractivity contribution >= 4 is 5.95 Å². The maximum Gasteiger partial charge on any atom is 0.225 e. The Morgan fingerprint density at radius 3 is 2.24 bits per heavy atom. The highest BCUT2D eigenvalue weighted by molar-refractivity contribution is 5.30. The number of likely N-dealkylation sites (N-methyl/N-ethyl adjacent to an activating group) is 2. The maximum absolute atomic E-state index is 4.50. The molecule has 0 radical (unpaired) electrons. The number of hydrogen-bond acceptors (Lipinski definition) is 5. The van der Waals surface area contributed by atoms with Crippen LogP contribution in [0, 0.1) is 0 Å². The van der Waals surface area contributed by atoms with E-state index in [-0.39, 0.29) is 0 Å². The lowest BCUT2D eigenvalue weighted by Gasteiger charge is -2.37. The first-order valence-corrected chi connectivity index (χ1v) is 8.01. The van der Waals surface area contributed by atoms with E-state index in [9.17, 15) is 0 Å². The summed E-state index contributed by atoms with van der Waals surface area (Å²) in [6.45, 7) is 6.51. The summed E-state index contributed by atoms with van der Waals surface area (Å²) in [4.78, 5) is 16.1. The van der Waals surface area contributed by atoms with E-state index in [0.29, 0.717) is 6.04 Å². The third kappa shape index (κ3) is 4.64. The second-order valence-corrected chi connectivity index (χ2v) is 6.25. The molecule has 1 aliphatic heterocycles. The number of anilines is 1. The molecule has 2 heterocycles. The molecular weight excluding hydrogens is 262 g/mol. The zero-order chi connectivity index (χ0) is 15.2. The molecule has 1 saturated heterocycles. The molecule has 1 aromatic rings. The molecule has 5 heteroatoms. The minimum absolute atomic E-state index is 0.691. The van der Waals surface area contributed by atoms with E-state index < -0.39 is 0 Å². The van der Waals surface area contributed by atoms with Crippen LogP contribution in [-0.2, 0) is 6.42 Å². The molecule has 0 unspecified atom stereocenters. The Morgan fingerprint density at radius 2 is 1.71 bits per heavy atom. The first kappa shape index (κ1) is 16.2. The van der Waals surface area contributed by atoms with Gasteiger partial charge in [-0.3, -0.25) is 0 Å². The van der Waals surface area contributed by atoms with E-state index >= 15 is 0 Å². The van der Waals surface area contributed by atoms with Gasteiger partial charge in [0.25, 0.3) is 0 Å². The van der Waals surface area contributed by atoms with Gasteiger partial charge in [0.05, 0.1) is 0 Å². The minimum atomic E-state index is 0.691. The van der Waals surface area contributed by atoms with Gasteiger partial charge in [-0.05, 0) is 46.0 Å². The van der Waals surface area contributed by atoms with Crippen LogP contribution in [0.3, 0.4) is 0 Å². The molecule has 0 bridgehead atoms. The lowest BCUT2D eigenvalue weighted by atomic mass is 10.0. The highest BCUT2D eigenvalue weighted by atomic mass is 15.3. The smallest absolute Gasteiger partial charge is 0.225 e. The van der Waals surface area contributed by atoms with Crippen LogP contribution >= 0.6 is 0 Å². The van der Waals surface area contributed by atoms with E-state index in [1.165, 1.54) is 18.4 Å². The molecular formula is C16H29N5. The second-order valence-electron chi connectivity index (χ2n) is 6.25. The van der Waals surface area contributed by atoms with E-state index in [1.54, 1.807) is 0 Å². The zero-order valence-corrected chi connectivity index (χ0v) is 13.9. The summed E-state index contributed by atoms with van der Waals surface area (Å²) >= 11 is 0. The zero-order valence-electron chi connectivity index (χ0n) is 13.9. The third-order valence-corrected chi connectivity index (χ3v) is 4.37. The molecule has 0 aromatic carbocycles. The van der Waals surface area contributed by atoms with Gasteiger partial charge in [0, 0.05) is 44.6 Å². The number of rotatable bonds is 6. The average molecular weight is 291 g/mol. The standard InChI is InChI=1S/C16H29N5/c1-5-14-12-17-16(18-13-14)21-8-6-15(7-9-21)20(4)11-10-19(2)3/h12-13,15H,5-11H2,1-4H3. The van der Waals surface area contributed by atoms with Crippen molar-refractivity contribution in [2.45, 2.75) is 32.2 Å². The number of hydrogen-bond donors (Lipinski definition) is 0. The number of piperidine rings is 1. The van der Waals surface area contributed by atoms with Crippen molar-refractivity contribution in [3.63, 3.8) is 0 Å². The summed E-state index contributed by atoms with van der Waals surface area (Å²) in [7, 11) is 6.51. The Hall–Kier alpha value is -1.20. The Balaban J connectivity index is 1.82. The Labute approximate surface area is 129 Å². The largest absolute Gasteiger partial charge is 0.341 e. The molecule has 0 N–H and O–H groups in total. The monoisotopic (exact) mass is 291 g/mol. The first-order chi connectivity index (χ1) is 10.1. The Morgan fingerprint density at radius 1 is 1.10 bits per heavy atom. The first-order valence-electron chi connectivity index (χ1n) is 8.01. The van der Waals surface area contributed by atoms with Crippen molar-refractivity contribution < 1.29 is 0 Å². The van der Waals surface area contributed by atoms with Crippen LogP contribution in [-0.4, -0.2) is 73.1 Å². The molecule has 1 aromatic heterocycles. The molecule has 0 amide bonds. The van der Waals surface area contributed by atoms with E-state index in [1.807, 2.05) is 12.4 Å². The lowest BCUT2D eigenvalue weighted by Crippen LogP contribution is -2.45. The highest BCUT2D eigenvalue weighted by Gasteiger charge is 2.23. The van der Waals surface area contributed by atoms with Crippen LogP contribution in [0.25, 0.3) is 0 Å². The minimum Gasteiger partial charge on any atom is -0.341 e. The lowest BCUT2D eigenvalue weighted by molar-refractivity contribution is 0.190. The van der Waals surface area contributed by atoms with Gasteiger partial charge in [-0.15, -0.1) is 0 Å². The van der Waals surface area contributed by atoms with Crippen molar-refractivity contribution in [2.75, 3.05) is 52.2 Å². The predicted octanol–water partition coefficient (Wildman–Crippen LogP) is 1.50. The van der Waals surface area contributed by atoms with Crippen molar-refractivity contribution in [3.05, 3.63) is 18.0 Å². The van der Waals surface area contributed by atoms with Crippen molar-refractivity contribution in [3.8, 4) is 0 Å². The molecule has 0 aliphatic carbocycles. The van der Waals surface area contributed by atoms with Crippen LogP contribution in [0.2, 0.25) is 0 Å². The molecule has 0 saturated carbocycles. The fourth-order valence-corrected chi connectivity index (χ4v) is 2.74. The number of aryl methyl sites for hydroxylation is 1. The fraction of sp³-hybridized carbons (Fsp3) is 0.750. The average Bonchev–Trinajstić information content (AvgIpc) is 2.53. The summed E-state index contributed by atoms with van der Waals surface area (Å²) in [5.41, 5.74) is 1.21. The van der Waals surface area contributed by atoms with Gasteiger partial charge in [0.15, 0.2) is 0 Å². The molecule has 2 rings (SSSR count). The van der Waals surface area contributed by atoms with Crippen molar-refractivity contribution in [1.29, 1.82) is 0 Å². The molecule has 1 fully saturated rings. The van der Waals surface area contributed by atoms with Crippen molar-refractivity contribution in [1.82, 2.24) is 19.8 Å².